The highest BCUT2D eigenvalue weighted by Crippen LogP contribution is 2.23. The van der Waals surface area contributed by atoms with E-state index in [4.69, 9.17) is 11.6 Å². The first-order chi connectivity index (χ1) is 9.63. The van der Waals surface area contributed by atoms with Gasteiger partial charge in [-0.1, -0.05) is 11.6 Å². The molecule has 1 saturated carbocycles. The van der Waals surface area contributed by atoms with E-state index < -0.39 is 0 Å². The van der Waals surface area contributed by atoms with E-state index >= 15 is 0 Å². The predicted molar refractivity (Wildman–Crippen MR) is 81.8 cm³/mol. The minimum atomic E-state index is 0.699. The molecule has 0 aliphatic heterocycles. The molecule has 1 aliphatic rings. The number of hydrogen-bond acceptors (Lipinski definition) is 3. The van der Waals surface area contributed by atoms with E-state index in [1.807, 2.05) is 24.3 Å². The molecule has 0 atom stereocenters. The number of aryl methyl sites for hydroxylation is 2. The summed E-state index contributed by atoms with van der Waals surface area (Å²) in [5.74, 6) is 0.770. The molecule has 3 rings (SSSR count). The molecule has 20 heavy (non-hydrogen) atoms. The first kappa shape index (κ1) is 13.5. The Bertz CT molecular complexity index is 595. The maximum Gasteiger partial charge on any atom is 0.159 e. The van der Waals surface area contributed by atoms with Gasteiger partial charge < -0.3 is 5.32 Å². The monoisotopic (exact) mass is 287 g/mol. The van der Waals surface area contributed by atoms with Crippen molar-refractivity contribution in [1.82, 2.24) is 15.3 Å². The Morgan fingerprint density at radius 3 is 2.25 bits per heavy atom. The van der Waals surface area contributed by atoms with Crippen molar-refractivity contribution in [3.8, 4) is 11.4 Å². The molecule has 0 radical (unpaired) electrons. The summed E-state index contributed by atoms with van der Waals surface area (Å²) in [6, 6.07) is 8.35. The van der Waals surface area contributed by atoms with Crippen molar-refractivity contribution >= 4 is 11.6 Å². The van der Waals surface area contributed by atoms with Gasteiger partial charge in [0.25, 0.3) is 0 Å². The van der Waals surface area contributed by atoms with Gasteiger partial charge in [-0.15, -0.1) is 0 Å². The molecule has 0 spiro atoms. The fourth-order valence-corrected chi connectivity index (χ4v) is 2.38. The minimum Gasteiger partial charge on any atom is -0.310 e. The van der Waals surface area contributed by atoms with Crippen molar-refractivity contribution in [1.29, 1.82) is 0 Å². The van der Waals surface area contributed by atoms with Gasteiger partial charge in [-0.3, -0.25) is 0 Å². The topological polar surface area (TPSA) is 37.8 Å². The van der Waals surface area contributed by atoms with Crippen LogP contribution < -0.4 is 5.32 Å². The van der Waals surface area contributed by atoms with Crippen LogP contribution in [0, 0.1) is 13.8 Å². The summed E-state index contributed by atoms with van der Waals surface area (Å²) in [5.41, 5.74) is 4.32. The van der Waals surface area contributed by atoms with E-state index in [1.165, 1.54) is 18.4 Å². The van der Waals surface area contributed by atoms with Crippen LogP contribution in [0.15, 0.2) is 24.3 Å². The third kappa shape index (κ3) is 3.00. The van der Waals surface area contributed by atoms with E-state index in [2.05, 4.69) is 29.1 Å². The Morgan fingerprint density at radius 2 is 1.70 bits per heavy atom. The zero-order valence-corrected chi connectivity index (χ0v) is 12.5. The smallest absolute Gasteiger partial charge is 0.159 e. The molecule has 1 heterocycles. The first-order valence-corrected chi connectivity index (χ1v) is 7.35. The summed E-state index contributed by atoms with van der Waals surface area (Å²) in [5, 5.41) is 4.25. The third-order valence-corrected chi connectivity index (χ3v) is 3.92. The van der Waals surface area contributed by atoms with Crippen LogP contribution in [-0.2, 0) is 6.54 Å². The average molecular weight is 288 g/mol. The first-order valence-electron chi connectivity index (χ1n) is 6.97. The van der Waals surface area contributed by atoms with Gasteiger partial charge in [0.15, 0.2) is 5.82 Å². The molecular formula is C16H18ClN3. The van der Waals surface area contributed by atoms with Crippen LogP contribution in [0.5, 0.6) is 0 Å². The van der Waals surface area contributed by atoms with E-state index in [0.717, 1.165) is 34.3 Å². The number of nitrogens with zero attached hydrogens (tertiary/aromatic N) is 2. The Kier molecular flexibility index (Phi) is 3.72. The lowest BCUT2D eigenvalue weighted by atomic mass is 10.1. The molecule has 4 heteroatoms. The lowest BCUT2D eigenvalue weighted by molar-refractivity contribution is 0.675. The maximum absolute atomic E-state index is 5.91. The normalized spacial score (nSPS) is 14.6. The van der Waals surface area contributed by atoms with Gasteiger partial charge in [-0.25, -0.2) is 9.97 Å². The molecule has 1 aliphatic carbocycles. The SMILES string of the molecule is Cc1nc(-c2ccc(Cl)cc2)nc(C)c1CNC1CC1. The zero-order valence-electron chi connectivity index (χ0n) is 11.8. The van der Waals surface area contributed by atoms with Crippen LogP contribution in [0.2, 0.25) is 5.02 Å². The van der Waals surface area contributed by atoms with Crippen molar-refractivity contribution < 1.29 is 0 Å². The highest BCUT2D eigenvalue weighted by Gasteiger charge is 2.21. The van der Waals surface area contributed by atoms with Gasteiger partial charge in [0.2, 0.25) is 0 Å². The number of rotatable bonds is 4. The molecule has 1 N–H and O–H groups in total. The van der Waals surface area contributed by atoms with Crippen molar-refractivity contribution in [3.63, 3.8) is 0 Å². The van der Waals surface area contributed by atoms with E-state index in [9.17, 15) is 0 Å². The third-order valence-electron chi connectivity index (χ3n) is 3.67. The average Bonchev–Trinajstić information content (AvgIpc) is 3.22. The summed E-state index contributed by atoms with van der Waals surface area (Å²) in [6.07, 6.45) is 2.59. The minimum absolute atomic E-state index is 0.699. The van der Waals surface area contributed by atoms with Gasteiger partial charge in [0.05, 0.1) is 0 Å². The molecular weight excluding hydrogens is 270 g/mol. The predicted octanol–water partition coefficient (Wildman–Crippen LogP) is 3.67. The highest BCUT2D eigenvalue weighted by atomic mass is 35.5. The fraction of sp³-hybridized carbons (Fsp3) is 0.375. The van der Waals surface area contributed by atoms with Gasteiger partial charge in [0, 0.05) is 40.1 Å². The summed E-state index contributed by atoms with van der Waals surface area (Å²) >= 11 is 5.91. The number of halogens is 1. The maximum atomic E-state index is 5.91. The number of benzene rings is 1. The van der Waals surface area contributed by atoms with Gasteiger partial charge >= 0.3 is 0 Å². The summed E-state index contributed by atoms with van der Waals surface area (Å²) in [6.45, 7) is 4.97. The van der Waals surface area contributed by atoms with Crippen LogP contribution in [0.4, 0.5) is 0 Å². The molecule has 0 bridgehead atoms. The molecule has 3 nitrogen and oxygen atoms in total. The molecule has 1 aromatic heterocycles. The Labute approximate surface area is 124 Å². The quantitative estimate of drug-likeness (QED) is 0.932. The zero-order chi connectivity index (χ0) is 14.1. The van der Waals surface area contributed by atoms with E-state index in [0.29, 0.717) is 6.04 Å². The van der Waals surface area contributed by atoms with Crippen molar-refractivity contribution in [2.24, 2.45) is 0 Å². The molecule has 1 aromatic carbocycles. The van der Waals surface area contributed by atoms with Gasteiger partial charge in [0.1, 0.15) is 0 Å². The second-order valence-electron chi connectivity index (χ2n) is 5.36. The van der Waals surface area contributed by atoms with Crippen molar-refractivity contribution in [2.45, 2.75) is 39.3 Å². The Morgan fingerprint density at radius 1 is 1.10 bits per heavy atom. The molecule has 0 amide bonds. The molecule has 0 unspecified atom stereocenters. The number of hydrogen-bond donors (Lipinski definition) is 1. The molecule has 0 saturated heterocycles. The van der Waals surface area contributed by atoms with Crippen LogP contribution in [0.25, 0.3) is 11.4 Å². The van der Waals surface area contributed by atoms with E-state index in [-0.39, 0.29) is 0 Å². The standard InChI is InChI=1S/C16H18ClN3/c1-10-15(9-18-14-7-8-14)11(2)20-16(19-10)12-3-5-13(17)6-4-12/h3-6,14,18H,7-9H2,1-2H3. The number of nitrogens with one attached hydrogen (secondary N) is 1. The lowest BCUT2D eigenvalue weighted by Crippen LogP contribution is -2.18. The Hall–Kier alpha value is -1.45. The van der Waals surface area contributed by atoms with Crippen LogP contribution >= 0.6 is 11.6 Å². The van der Waals surface area contributed by atoms with Crippen LogP contribution in [0.1, 0.15) is 29.8 Å². The molecule has 104 valence electrons. The second kappa shape index (κ2) is 5.51. The summed E-state index contributed by atoms with van der Waals surface area (Å²) < 4.78 is 0. The lowest BCUT2D eigenvalue weighted by Gasteiger charge is -2.11. The fourth-order valence-electron chi connectivity index (χ4n) is 2.26. The van der Waals surface area contributed by atoms with Gasteiger partial charge in [-0.05, 0) is 51.0 Å². The Balaban J connectivity index is 1.87. The molecule has 2 aromatic rings. The van der Waals surface area contributed by atoms with Crippen LogP contribution in [0.3, 0.4) is 0 Å². The number of aromatic nitrogens is 2. The largest absolute Gasteiger partial charge is 0.310 e. The van der Waals surface area contributed by atoms with E-state index in [1.54, 1.807) is 0 Å². The summed E-state index contributed by atoms with van der Waals surface area (Å²) in [4.78, 5) is 9.28. The van der Waals surface area contributed by atoms with Crippen LogP contribution in [-0.4, -0.2) is 16.0 Å². The molecule has 1 fully saturated rings. The second-order valence-corrected chi connectivity index (χ2v) is 5.80. The van der Waals surface area contributed by atoms with Crippen molar-refractivity contribution in [3.05, 3.63) is 46.2 Å². The summed E-state index contributed by atoms with van der Waals surface area (Å²) in [7, 11) is 0. The van der Waals surface area contributed by atoms with Gasteiger partial charge in [-0.2, -0.15) is 0 Å². The highest BCUT2D eigenvalue weighted by molar-refractivity contribution is 6.30. The van der Waals surface area contributed by atoms with Crippen molar-refractivity contribution in [2.75, 3.05) is 0 Å².